The maximum atomic E-state index is 12.0. The van der Waals surface area contributed by atoms with Gasteiger partial charge in [-0.15, -0.1) is 0 Å². The number of esters is 9. The molecule has 0 bridgehead atoms. The van der Waals surface area contributed by atoms with E-state index in [4.69, 9.17) is 33.2 Å². The topological polar surface area (TPSA) is 237 Å². The summed E-state index contributed by atoms with van der Waals surface area (Å²) in [5.41, 5.74) is -3.32. The van der Waals surface area contributed by atoms with E-state index in [9.17, 15) is 43.2 Å². The fraction of sp³-hybridized carbons (Fsp3) is 0.775. The van der Waals surface area contributed by atoms with Crippen molar-refractivity contribution in [1.82, 2.24) is 0 Å². The average molecular weight is 831 g/mol. The van der Waals surface area contributed by atoms with Crippen LogP contribution in [0.5, 0.6) is 0 Å². The highest BCUT2D eigenvalue weighted by Crippen LogP contribution is 2.27. The minimum atomic E-state index is -1.44. The molecular formula is C40H62O18. The first-order chi connectivity index (χ1) is 26.7. The van der Waals surface area contributed by atoms with E-state index in [1.54, 1.807) is 41.5 Å². The molecule has 0 aromatic carbocycles. The van der Waals surface area contributed by atoms with Crippen LogP contribution in [0.3, 0.4) is 0 Å². The van der Waals surface area contributed by atoms with Crippen molar-refractivity contribution in [2.75, 3.05) is 26.4 Å². The van der Waals surface area contributed by atoms with E-state index in [-0.39, 0.29) is 38.8 Å². The van der Waals surface area contributed by atoms with Crippen LogP contribution in [-0.2, 0) is 85.8 Å². The molecule has 3 aliphatic rings. The Hall–Kier alpha value is -4.77. The number of hydrogen-bond acceptors (Lipinski definition) is 18. The summed E-state index contributed by atoms with van der Waals surface area (Å²) < 4.78 is 44.2. The average Bonchev–Trinajstić information content (AvgIpc) is 3.88. The quantitative estimate of drug-likeness (QED) is 0.158. The molecule has 3 aliphatic heterocycles. The fourth-order valence-corrected chi connectivity index (χ4v) is 4.11. The third-order valence-corrected chi connectivity index (χ3v) is 9.75. The van der Waals surface area contributed by atoms with E-state index in [0.29, 0.717) is 38.5 Å². The zero-order chi connectivity index (χ0) is 44.6. The smallest absolute Gasteiger partial charge is 0.350 e. The zero-order valence-corrected chi connectivity index (χ0v) is 35.9. The van der Waals surface area contributed by atoms with E-state index in [1.807, 2.05) is 20.8 Å². The molecule has 18 nitrogen and oxygen atoms in total. The zero-order valence-electron chi connectivity index (χ0n) is 35.9. The van der Waals surface area contributed by atoms with E-state index < -0.39 is 94.0 Å². The molecule has 4 unspecified atom stereocenters. The van der Waals surface area contributed by atoms with Gasteiger partial charge in [-0.25, -0.2) is 24.0 Å². The Balaban J connectivity index is 0.000000435. The Morgan fingerprint density at radius 1 is 0.586 bits per heavy atom. The molecule has 0 aromatic heterocycles. The first-order valence-corrected chi connectivity index (χ1v) is 19.5. The monoisotopic (exact) mass is 830 g/mol. The molecule has 0 radical (unpaired) electrons. The van der Waals surface area contributed by atoms with Gasteiger partial charge in [-0.2, -0.15) is 0 Å². The number of rotatable bonds is 16. The van der Waals surface area contributed by atoms with Gasteiger partial charge in [0.15, 0.2) is 6.10 Å². The lowest BCUT2D eigenvalue weighted by molar-refractivity contribution is -0.188. The highest BCUT2D eigenvalue weighted by atomic mass is 16.6. The number of hydrogen-bond donors (Lipinski definition) is 0. The first-order valence-electron chi connectivity index (χ1n) is 19.5. The normalized spacial score (nSPS) is 19.7. The van der Waals surface area contributed by atoms with Gasteiger partial charge in [0, 0.05) is 19.3 Å². The Morgan fingerprint density at radius 3 is 1.40 bits per heavy atom. The molecule has 0 N–H and O–H groups in total. The van der Waals surface area contributed by atoms with Crippen molar-refractivity contribution >= 4 is 53.7 Å². The minimum absolute atomic E-state index is 0.0388. The molecule has 3 saturated heterocycles. The van der Waals surface area contributed by atoms with Gasteiger partial charge in [-0.1, -0.05) is 20.8 Å². The number of carbonyl (C=O) groups is 9. The second-order valence-corrected chi connectivity index (χ2v) is 16.2. The van der Waals surface area contributed by atoms with Gasteiger partial charge in [-0.3, -0.25) is 19.2 Å². The molecule has 0 saturated carbocycles. The van der Waals surface area contributed by atoms with E-state index >= 15 is 0 Å². The minimum Gasteiger partial charge on any atom is -0.465 e. The lowest BCUT2D eigenvalue weighted by atomic mass is 9.90. The summed E-state index contributed by atoms with van der Waals surface area (Å²) in [4.78, 5) is 104. The molecule has 4 atom stereocenters. The molecule has 3 rings (SSSR count). The maximum absolute atomic E-state index is 12.0. The van der Waals surface area contributed by atoms with E-state index in [1.165, 1.54) is 20.8 Å². The number of carbonyl (C=O) groups excluding carboxylic acids is 9. The van der Waals surface area contributed by atoms with Gasteiger partial charge in [0.1, 0.15) is 6.61 Å². The Labute approximate surface area is 339 Å². The van der Waals surface area contributed by atoms with Crippen LogP contribution in [0, 0.1) is 16.2 Å². The van der Waals surface area contributed by atoms with Gasteiger partial charge in [0.25, 0.3) is 0 Å². The number of ether oxygens (including phenoxy) is 9. The highest BCUT2D eigenvalue weighted by molar-refractivity contribution is 5.87. The lowest BCUT2D eigenvalue weighted by Crippen LogP contribution is -2.44. The predicted octanol–water partition coefficient (Wildman–Crippen LogP) is 4.03. The Morgan fingerprint density at radius 2 is 0.983 bits per heavy atom. The molecule has 330 valence electrons. The van der Waals surface area contributed by atoms with Crippen LogP contribution >= 0.6 is 0 Å². The van der Waals surface area contributed by atoms with Crippen LogP contribution in [0.4, 0.5) is 0 Å². The van der Waals surface area contributed by atoms with Crippen molar-refractivity contribution in [2.24, 2.45) is 16.2 Å². The van der Waals surface area contributed by atoms with Crippen molar-refractivity contribution < 1.29 is 85.8 Å². The van der Waals surface area contributed by atoms with Gasteiger partial charge < -0.3 is 42.6 Å². The maximum Gasteiger partial charge on any atom is 0.350 e. The van der Waals surface area contributed by atoms with Crippen molar-refractivity contribution in [3.63, 3.8) is 0 Å². The van der Waals surface area contributed by atoms with Crippen molar-refractivity contribution in [2.45, 2.75) is 158 Å². The molecule has 18 heteroatoms. The molecule has 0 aliphatic carbocycles. The third kappa shape index (κ3) is 16.2. The summed E-state index contributed by atoms with van der Waals surface area (Å²) in [6.45, 7) is 21.2. The standard InChI is InChI=1S/C14H22O6.2C13H20O6/c1-6-13(2,3)11(16)20-14(4,5)12(17)19-9-7-8-18-10(9)15;1-5-13(3,4)12(16)18-8(2)10(14)19-9-6-7-17-11(9)15;1-4-13(2,3)12(16)18-8-6-10(14)19-9-5-7-17-11(9)15/h9H,6-8H2,1-5H3;8-9H,5-7H2,1-4H3;9H,4-8H2,1-3H3. The summed E-state index contributed by atoms with van der Waals surface area (Å²) in [5.74, 6) is -4.96. The van der Waals surface area contributed by atoms with E-state index in [0.717, 1.165) is 0 Å². The van der Waals surface area contributed by atoms with Gasteiger partial charge in [-0.05, 0) is 81.6 Å². The van der Waals surface area contributed by atoms with Crippen LogP contribution in [-0.4, -0.2) is 110 Å². The Bertz CT molecular complexity index is 1490. The molecule has 3 fully saturated rings. The summed E-state index contributed by atoms with van der Waals surface area (Å²) >= 11 is 0. The molecule has 0 amide bonds. The van der Waals surface area contributed by atoms with Crippen molar-refractivity contribution in [3.05, 3.63) is 0 Å². The first kappa shape index (κ1) is 51.2. The molecule has 0 spiro atoms. The van der Waals surface area contributed by atoms with Crippen LogP contribution in [0.15, 0.2) is 0 Å². The fourth-order valence-electron chi connectivity index (χ4n) is 4.11. The summed E-state index contributed by atoms with van der Waals surface area (Å²) in [6, 6.07) is 0. The molecule has 58 heavy (non-hydrogen) atoms. The van der Waals surface area contributed by atoms with Crippen LogP contribution in [0.1, 0.15) is 128 Å². The van der Waals surface area contributed by atoms with Gasteiger partial charge >= 0.3 is 53.7 Å². The largest absolute Gasteiger partial charge is 0.465 e. The SMILES string of the molecule is CCC(C)(C)C(=O)OC(C)(C)C(=O)OC1CCOC1=O.CCC(C)(C)C(=O)OC(C)C(=O)OC1CCOC1=O.CCC(C)(C)C(=O)OCCC(=O)OC1CCOC1=O. The van der Waals surface area contributed by atoms with Crippen LogP contribution in [0.2, 0.25) is 0 Å². The van der Waals surface area contributed by atoms with Crippen molar-refractivity contribution in [1.29, 1.82) is 0 Å². The van der Waals surface area contributed by atoms with Gasteiger partial charge in [0.2, 0.25) is 23.9 Å². The molecule has 0 aromatic rings. The summed E-state index contributed by atoms with van der Waals surface area (Å²) in [7, 11) is 0. The van der Waals surface area contributed by atoms with Crippen LogP contribution < -0.4 is 0 Å². The number of cyclic esters (lactones) is 3. The highest BCUT2D eigenvalue weighted by Gasteiger charge is 2.42. The Kier molecular flexibility index (Phi) is 19.8. The second kappa shape index (κ2) is 22.4. The summed E-state index contributed by atoms with van der Waals surface area (Å²) in [5, 5.41) is 0. The third-order valence-electron chi connectivity index (χ3n) is 9.75. The summed E-state index contributed by atoms with van der Waals surface area (Å²) in [6.07, 6.45) is -0.795. The molecular weight excluding hydrogens is 768 g/mol. The van der Waals surface area contributed by atoms with E-state index in [2.05, 4.69) is 9.47 Å². The predicted molar refractivity (Wildman–Crippen MR) is 200 cm³/mol. The molecule has 3 heterocycles. The van der Waals surface area contributed by atoms with Crippen LogP contribution in [0.25, 0.3) is 0 Å². The van der Waals surface area contributed by atoms with Crippen molar-refractivity contribution in [3.8, 4) is 0 Å². The lowest BCUT2D eigenvalue weighted by Gasteiger charge is -2.29. The second-order valence-electron chi connectivity index (χ2n) is 16.2. The van der Waals surface area contributed by atoms with Gasteiger partial charge in [0.05, 0.1) is 42.5 Å².